The fourth-order valence-corrected chi connectivity index (χ4v) is 1.46. The van der Waals surface area contributed by atoms with Crippen LogP contribution in [-0.2, 0) is 9.31 Å². The zero-order valence-electron chi connectivity index (χ0n) is 9.02. The van der Waals surface area contributed by atoms with Gasteiger partial charge in [0, 0.05) is 12.4 Å². The van der Waals surface area contributed by atoms with Gasteiger partial charge in [0.1, 0.15) is 0 Å². The lowest BCUT2D eigenvalue weighted by Gasteiger charge is -2.32. The fraction of sp³-hybridized carbons (Fsp3) is 0.778. The summed E-state index contributed by atoms with van der Waals surface area (Å²) in [6.45, 7) is 8.15. The molecule has 0 aliphatic carbocycles. The Hall–Kier alpha value is -0.675. The van der Waals surface area contributed by atoms with Crippen LogP contribution in [0.5, 0.6) is 0 Å². The van der Waals surface area contributed by atoms with Crippen LogP contribution in [0.15, 0.2) is 10.2 Å². The summed E-state index contributed by atoms with van der Waals surface area (Å²) < 4.78 is 11.7. The average molecular weight is 194 g/mol. The van der Waals surface area contributed by atoms with Gasteiger partial charge in [0.2, 0.25) is 0 Å². The molecule has 0 N–H and O–H groups in total. The summed E-state index contributed by atoms with van der Waals surface area (Å²) >= 11 is 0. The molecule has 0 radical (unpaired) electrons. The van der Waals surface area contributed by atoms with Crippen molar-refractivity contribution in [1.29, 1.82) is 0 Å². The van der Waals surface area contributed by atoms with Crippen molar-refractivity contribution in [1.82, 2.24) is 0 Å². The SMILES string of the molecule is CC1(C)OB(C2C=NN=C2)OC1(C)C. The molecule has 4 nitrogen and oxygen atoms in total. The molecule has 0 unspecified atom stereocenters. The van der Waals surface area contributed by atoms with Crippen molar-refractivity contribution in [2.24, 2.45) is 10.2 Å². The van der Waals surface area contributed by atoms with E-state index in [1.165, 1.54) is 0 Å². The Morgan fingerprint density at radius 2 is 1.43 bits per heavy atom. The highest BCUT2D eigenvalue weighted by molar-refractivity contribution is 6.56. The molecule has 14 heavy (non-hydrogen) atoms. The summed E-state index contributed by atoms with van der Waals surface area (Å²) in [6.07, 6.45) is 3.50. The van der Waals surface area contributed by atoms with Gasteiger partial charge in [-0.2, -0.15) is 10.2 Å². The first-order chi connectivity index (χ1) is 6.42. The van der Waals surface area contributed by atoms with Gasteiger partial charge < -0.3 is 9.31 Å². The standard InChI is InChI=1S/C9H15BN2O2/c1-8(2)9(3,4)14-10(13-8)7-5-11-12-6-7/h5-7H,1-4H3. The highest BCUT2D eigenvalue weighted by Gasteiger charge is 2.53. The van der Waals surface area contributed by atoms with Crippen LogP contribution in [0.3, 0.4) is 0 Å². The molecule has 0 aromatic carbocycles. The van der Waals surface area contributed by atoms with Crippen molar-refractivity contribution in [3.05, 3.63) is 0 Å². The molecule has 0 bridgehead atoms. The fourth-order valence-electron chi connectivity index (χ4n) is 1.46. The third kappa shape index (κ3) is 1.40. The Kier molecular flexibility index (Phi) is 2.05. The van der Waals surface area contributed by atoms with Crippen LogP contribution in [0.1, 0.15) is 27.7 Å². The molecule has 76 valence electrons. The molecule has 0 amide bonds. The van der Waals surface area contributed by atoms with E-state index in [1.807, 2.05) is 27.7 Å². The molecule has 2 aliphatic heterocycles. The summed E-state index contributed by atoms with van der Waals surface area (Å²) in [5.41, 5.74) is -0.552. The highest BCUT2D eigenvalue weighted by Crippen LogP contribution is 2.39. The van der Waals surface area contributed by atoms with E-state index in [2.05, 4.69) is 10.2 Å². The number of hydrogen-bond donors (Lipinski definition) is 0. The van der Waals surface area contributed by atoms with E-state index < -0.39 is 0 Å². The predicted octanol–water partition coefficient (Wildman–Crippen LogP) is 1.52. The van der Waals surface area contributed by atoms with Crippen molar-refractivity contribution < 1.29 is 9.31 Å². The van der Waals surface area contributed by atoms with Crippen molar-refractivity contribution >= 4 is 19.5 Å². The molecule has 0 saturated carbocycles. The lowest BCUT2D eigenvalue weighted by Crippen LogP contribution is -2.41. The van der Waals surface area contributed by atoms with Crippen LogP contribution in [0, 0.1) is 0 Å². The molecule has 0 aromatic rings. The molecule has 5 heteroatoms. The molecule has 0 spiro atoms. The van der Waals surface area contributed by atoms with E-state index in [0.29, 0.717) is 0 Å². The van der Waals surface area contributed by atoms with E-state index in [-0.39, 0.29) is 24.1 Å². The Morgan fingerprint density at radius 3 is 1.86 bits per heavy atom. The molecular formula is C9H15BN2O2. The lowest BCUT2D eigenvalue weighted by molar-refractivity contribution is 0.00578. The van der Waals surface area contributed by atoms with Crippen molar-refractivity contribution in [3.8, 4) is 0 Å². The minimum atomic E-state index is -0.276. The Bertz CT molecular complexity index is 271. The zero-order chi connectivity index (χ0) is 10.4. The lowest BCUT2D eigenvalue weighted by atomic mass is 9.74. The van der Waals surface area contributed by atoms with E-state index in [1.54, 1.807) is 12.4 Å². The second kappa shape index (κ2) is 2.91. The Morgan fingerprint density at radius 1 is 1.00 bits per heavy atom. The van der Waals surface area contributed by atoms with E-state index in [0.717, 1.165) is 0 Å². The van der Waals surface area contributed by atoms with E-state index >= 15 is 0 Å². The minimum Gasteiger partial charge on any atom is -0.403 e. The minimum absolute atomic E-state index is 0.0519. The van der Waals surface area contributed by atoms with Gasteiger partial charge in [0.25, 0.3) is 0 Å². The topological polar surface area (TPSA) is 43.2 Å². The van der Waals surface area contributed by atoms with E-state index in [9.17, 15) is 0 Å². The van der Waals surface area contributed by atoms with Gasteiger partial charge in [-0.05, 0) is 27.7 Å². The predicted molar refractivity (Wildman–Crippen MR) is 56.8 cm³/mol. The van der Waals surface area contributed by atoms with Gasteiger partial charge in [-0.15, -0.1) is 0 Å². The number of rotatable bonds is 1. The normalized spacial score (nSPS) is 29.0. The number of nitrogens with zero attached hydrogens (tertiary/aromatic N) is 2. The Labute approximate surface area is 84.5 Å². The van der Waals surface area contributed by atoms with Crippen LogP contribution >= 0.6 is 0 Å². The van der Waals surface area contributed by atoms with Gasteiger partial charge in [0.05, 0.1) is 17.0 Å². The second-order valence-electron chi connectivity index (χ2n) is 4.73. The highest BCUT2D eigenvalue weighted by atomic mass is 16.7. The summed E-state index contributed by atoms with van der Waals surface area (Å²) in [5, 5.41) is 7.58. The zero-order valence-corrected chi connectivity index (χ0v) is 9.02. The molecule has 2 aliphatic rings. The quantitative estimate of drug-likeness (QED) is 0.594. The monoisotopic (exact) mass is 194 g/mol. The van der Waals surface area contributed by atoms with Gasteiger partial charge in [-0.25, -0.2) is 0 Å². The number of hydrogen-bond acceptors (Lipinski definition) is 4. The molecule has 2 rings (SSSR count). The summed E-state index contributed by atoms with van der Waals surface area (Å²) in [5.74, 6) is 0.0519. The van der Waals surface area contributed by atoms with Crippen LogP contribution < -0.4 is 0 Å². The summed E-state index contributed by atoms with van der Waals surface area (Å²) in [6, 6.07) is 0. The molecule has 0 aromatic heterocycles. The first-order valence-corrected chi connectivity index (χ1v) is 4.85. The Balaban J connectivity index is 2.13. The molecule has 2 heterocycles. The third-order valence-corrected chi connectivity index (χ3v) is 3.13. The van der Waals surface area contributed by atoms with Gasteiger partial charge in [0.15, 0.2) is 0 Å². The molecular weight excluding hydrogens is 179 g/mol. The maximum Gasteiger partial charge on any atom is 0.472 e. The largest absolute Gasteiger partial charge is 0.472 e. The summed E-state index contributed by atoms with van der Waals surface area (Å²) in [4.78, 5) is 0. The van der Waals surface area contributed by atoms with Crippen LogP contribution in [0.2, 0.25) is 5.82 Å². The molecule has 0 atom stereocenters. The first kappa shape index (κ1) is 9.86. The average Bonchev–Trinajstić information content (AvgIpc) is 2.58. The third-order valence-electron chi connectivity index (χ3n) is 3.13. The second-order valence-corrected chi connectivity index (χ2v) is 4.73. The molecule has 1 fully saturated rings. The molecule has 1 saturated heterocycles. The van der Waals surface area contributed by atoms with Crippen molar-refractivity contribution in [3.63, 3.8) is 0 Å². The maximum absolute atomic E-state index is 5.84. The summed E-state index contributed by atoms with van der Waals surface area (Å²) in [7, 11) is -0.255. The van der Waals surface area contributed by atoms with E-state index in [4.69, 9.17) is 9.31 Å². The van der Waals surface area contributed by atoms with Gasteiger partial charge in [-0.3, -0.25) is 0 Å². The smallest absolute Gasteiger partial charge is 0.403 e. The van der Waals surface area contributed by atoms with Crippen LogP contribution in [-0.4, -0.2) is 30.7 Å². The van der Waals surface area contributed by atoms with Gasteiger partial charge >= 0.3 is 7.12 Å². The van der Waals surface area contributed by atoms with Gasteiger partial charge in [-0.1, -0.05) is 0 Å². The van der Waals surface area contributed by atoms with Crippen molar-refractivity contribution in [2.45, 2.75) is 44.7 Å². The maximum atomic E-state index is 5.84. The van der Waals surface area contributed by atoms with Crippen LogP contribution in [0.25, 0.3) is 0 Å². The first-order valence-electron chi connectivity index (χ1n) is 4.85. The van der Waals surface area contributed by atoms with Crippen LogP contribution in [0.4, 0.5) is 0 Å². The van der Waals surface area contributed by atoms with Crippen molar-refractivity contribution in [2.75, 3.05) is 0 Å².